The van der Waals surface area contributed by atoms with Crippen molar-refractivity contribution in [3.05, 3.63) is 21.9 Å². The predicted octanol–water partition coefficient (Wildman–Crippen LogP) is 2.60. The molecule has 0 spiro atoms. The minimum Gasteiger partial charge on any atom is -0.443 e. The fraction of sp³-hybridized carbons (Fsp3) is 0.588. The van der Waals surface area contributed by atoms with E-state index in [4.69, 9.17) is 19.2 Å². The van der Waals surface area contributed by atoms with Crippen molar-refractivity contribution in [1.82, 2.24) is 10.7 Å². The SMILES string of the molecule is CCON(NC(=O)OC(C)(C)C)c1cc([N+](=O)[O-])oc1C(=O)NCC(=NO)C(C)C. The number of hydrazine groups is 1. The Kier molecular flexibility index (Phi) is 8.59. The van der Waals surface area contributed by atoms with E-state index in [-0.39, 0.29) is 30.5 Å². The normalized spacial score (nSPS) is 11.9. The number of hydrogen-bond donors (Lipinski definition) is 3. The molecule has 0 saturated heterocycles. The van der Waals surface area contributed by atoms with Crippen LogP contribution in [0.5, 0.6) is 0 Å². The molecular formula is C17H27N5O8. The number of rotatable bonds is 9. The number of oxime groups is 1. The van der Waals surface area contributed by atoms with E-state index >= 15 is 0 Å². The number of carbonyl (C=O) groups is 2. The molecule has 0 aliphatic rings. The molecule has 0 aliphatic heterocycles. The quantitative estimate of drug-likeness (QED) is 0.231. The number of ether oxygens (including phenoxy) is 1. The predicted molar refractivity (Wildman–Crippen MR) is 105 cm³/mol. The Morgan fingerprint density at radius 2 is 2.03 bits per heavy atom. The van der Waals surface area contributed by atoms with Crippen LogP contribution in [0.15, 0.2) is 15.6 Å². The van der Waals surface area contributed by atoms with Gasteiger partial charge in [0.05, 0.1) is 24.9 Å². The fourth-order valence-corrected chi connectivity index (χ4v) is 2.05. The lowest BCUT2D eigenvalue weighted by molar-refractivity contribution is -0.402. The summed E-state index contributed by atoms with van der Waals surface area (Å²) in [6.07, 6.45) is -0.916. The lowest BCUT2D eigenvalue weighted by Crippen LogP contribution is -2.45. The molecule has 0 bridgehead atoms. The smallest absolute Gasteiger partial charge is 0.436 e. The van der Waals surface area contributed by atoms with Gasteiger partial charge in [0.1, 0.15) is 16.2 Å². The standard InChI is InChI=1S/C17H27N5O8/c1-7-28-21(19-16(24)30-17(4,5)6)12-8-13(22(26)27)29-14(12)15(23)18-9-11(20-25)10(2)3/h8,10,25H,7,9H2,1-6H3,(H,18,23)(H,19,24). The summed E-state index contributed by atoms with van der Waals surface area (Å²) >= 11 is 0. The first kappa shape index (κ1) is 24.7. The molecule has 2 amide bonds. The van der Waals surface area contributed by atoms with E-state index in [1.165, 1.54) is 0 Å². The minimum absolute atomic E-state index is 0.0461. The second kappa shape index (κ2) is 10.4. The maximum absolute atomic E-state index is 12.6. The highest BCUT2D eigenvalue weighted by molar-refractivity contribution is 6.00. The highest BCUT2D eigenvalue weighted by atomic mass is 16.7. The van der Waals surface area contributed by atoms with Crippen molar-refractivity contribution >= 4 is 29.3 Å². The van der Waals surface area contributed by atoms with Gasteiger partial charge in [-0.1, -0.05) is 19.0 Å². The summed E-state index contributed by atoms with van der Waals surface area (Å²) in [4.78, 5) is 40.3. The third kappa shape index (κ3) is 7.24. The molecule has 13 heteroatoms. The van der Waals surface area contributed by atoms with Gasteiger partial charge in [-0.15, -0.1) is 0 Å². The van der Waals surface area contributed by atoms with Gasteiger partial charge < -0.3 is 19.7 Å². The molecule has 168 valence electrons. The largest absolute Gasteiger partial charge is 0.443 e. The molecule has 13 nitrogen and oxygen atoms in total. The van der Waals surface area contributed by atoms with Crippen LogP contribution in [-0.2, 0) is 9.57 Å². The van der Waals surface area contributed by atoms with Gasteiger partial charge in [0, 0.05) is 0 Å². The van der Waals surface area contributed by atoms with E-state index in [0.29, 0.717) is 0 Å². The summed E-state index contributed by atoms with van der Waals surface area (Å²) in [5.74, 6) is -2.25. The van der Waals surface area contributed by atoms with Gasteiger partial charge in [0.25, 0.3) is 5.91 Å². The lowest BCUT2D eigenvalue weighted by atomic mass is 10.1. The molecule has 1 heterocycles. The van der Waals surface area contributed by atoms with Crippen LogP contribution in [-0.4, -0.2) is 46.6 Å². The second-order valence-corrected chi connectivity index (χ2v) is 7.31. The van der Waals surface area contributed by atoms with Crippen molar-refractivity contribution in [2.24, 2.45) is 11.1 Å². The van der Waals surface area contributed by atoms with E-state index in [1.807, 2.05) is 0 Å². The molecule has 0 saturated carbocycles. The number of nitro groups is 1. The van der Waals surface area contributed by atoms with Gasteiger partial charge >= 0.3 is 12.0 Å². The molecular weight excluding hydrogens is 402 g/mol. The van der Waals surface area contributed by atoms with Crippen LogP contribution < -0.4 is 15.9 Å². The zero-order chi connectivity index (χ0) is 23.1. The molecule has 0 aromatic carbocycles. The van der Waals surface area contributed by atoms with E-state index < -0.39 is 34.2 Å². The zero-order valence-corrected chi connectivity index (χ0v) is 17.7. The van der Waals surface area contributed by atoms with Crippen LogP contribution in [0.3, 0.4) is 0 Å². The van der Waals surface area contributed by atoms with Crippen molar-refractivity contribution < 1.29 is 33.7 Å². The van der Waals surface area contributed by atoms with Gasteiger partial charge in [-0.2, -0.15) is 5.17 Å². The van der Waals surface area contributed by atoms with Crippen LogP contribution in [0, 0.1) is 16.0 Å². The Hall–Kier alpha value is -3.35. The van der Waals surface area contributed by atoms with E-state index in [1.54, 1.807) is 41.5 Å². The summed E-state index contributed by atoms with van der Waals surface area (Å²) < 4.78 is 10.2. The van der Waals surface area contributed by atoms with Gasteiger partial charge in [0.2, 0.25) is 5.76 Å². The average molecular weight is 429 g/mol. The lowest BCUT2D eigenvalue weighted by Gasteiger charge is -2.25. The maximum atomic E-state index is 12.6. The minimum atomic E-state index is -0.916. The molecule has 0 atom stereocenters. The van der Waals surface area contributed by atoms with Crippen molar-refractivity contribution in [2.45, 2.75) is 47.1 Å². The Morgan fingerprint density at radius 1 is 1.40 bits per heavy atom. The van der Waals surface area contributed by atoms with E-state index in [9.17, 15) is 19.7 Å². The van der Waals surface area contributed by atoms with Crippen molar-refractivity contribution in [3.8, 4) is 0 Å². The summed E-state index contributed by atoms with van der Waals surface area (Å²) in [5.41, 5.74) is 1.49. The topological polar surface area (TPSA) is 169 Å². The van der Waals surface area contributed by atoms with Crippen molar-refractivity contribution in [3.63, 3.8) is 0 Å². The molecule has 0 radical (unpaired) electrons. The van der Waals surface area contributed by atoms with Crippen LogP contribution in [0.2, 0.25) is 0 Å². The number of amides is 2. The van der Waals surface area contributed by atoms with Gasteiger partial charge in [-0.3, -0.25) is 19.7 Å². The highest BCUT2D eigenvalue weighted by Gasteiger charge is 2.30. The second-order valence-electron chi connectivity index (χ2n) is 7.31. The van der Waals surface area contributed by atoms with Crippen LogP contribution in [0.4, 0.5) is 16.4 Å². The third-order valence-corrected chi connectivity index (χ3v) is 3.38. The molecule has 30 heavy (non-hydrogen) atoms. The Morgan fingerprint density at radius 3 is 2.50 bits per heavy atom. The molecule has 0 aliphatic carbocycles. The van der Waals surface area contributed by atoms with Crippen molar-refractivity contribution in [1.29, 1.82) is 0 Å². The fourth-order valence-electron chi connectivity index (χ4n) is 2.05. The number of nitrogens with zero attached hydrogens (tertiary/aromatic N) is 3. The summed E-state index contributed by atoms with van der Waals surface area (Å²) in [7, 11) is 0. The average Bonchev–Trinajstić information content (AvgIpc) is 3.05. The van der Waals surface area contributed by atoms with Gasteiger partial charge in [-0.25, -0.2) is 10.2 Å². The molecule has 1 rings (SSSR count). The highest BCUT2D eigenvalue weighted by Crippen LogP contribution is 2.29. The van der Waals surface area contributed by atoms with Crippen LogP contribution in [0.25, 0.3) is 0 Å². The first-order valence-electron chi connectivity index (χ1n) is 9.09. The summed E-state index contributed by atoms with van der Waals surface area (Å²) in [5, 5.41) is 26.4. The first-order chi connectivity index (χ1) is 13.9. The summed E-state index contributed by atoms with van der Waals surface area (Å²) in [6.45, 7) is 9.97. The summed E-state index contributed by atoms with van der Waals surface area (Å²) in [6, 6.07) is 0.922. The molecule has 0 unspecified atom stereocenters. The van der Waals surface area contributed by atoms with Crippen molar-refractivity contribution in [2.75, 3.05) is 18.3 Å². The van der Waals surface area contributed by atoms with Crippen LogP contribution >= 0.6 is 0 Å². The van der Waals surface area contributed by atoms with Gasteiger partial charge in [0.15, 0.2) is 0 Å². The molecule has 1 aromatic heterocycles. The van der Waals surface area contributed by atoms with Crippen LogP contribution in [0.1, 0.15) is 52.1 Å². The Balaban J connectivity index is 3.19. The molecule has 3 N–H and O–H groups in total. The molecule has 0 fully saturated rings. The maximum Gasteiger partial charge on any atom is 0.436 e. The number of carbonyl (C=O) groups excluding carboxylic acids is 2. The van der Waals surface area contributed by atoms with Gasteiger partial charge in [-0.05, 0) is 33.6 Å². The number of furan rings is 1. The monoisotopic (exact) mass is 429 g/mol. The van der Waals surface area contributed by atoms with E-state index in [2.05, 4.69) is 15.9 Å². The number of nitrogens with one attached hydrogen (secondary N) is 2. The third-order valence-electron chi connectivity index (χ3n) is 3.38. The molecule has 1 aromatic rings. The zero-order valence-electron chi connectivity index (χ0n) is 17.7. The number of anilines is 1. The first-order valence-corrected chi connectivity index (χ1v) is 9.09. The Labute approximate surface area is 173 Å². The number of hydrogen-bond acceptors (Lipinski definition) is 10. The Bertz CT molecular complexity index is 797. The van der Waals surface area contributed by atoms with E-state index in [0.717, 1.165) is 11.2 Å².